The molecule has 1 heteroatoms. The van der Waals surface area contributed by atoms with E-state index in [1.165, 1.54) is 11.1 Å². The highest BCUT2D eigenvalue weighted by atomic mass is 16.5. The summed E-state index contributed by atoms with van der Waals surface area (Å²) in [7, 11) is 0. The molecule has 13 heavy (non-hydrogen) atoms. The predicted octanol–water partition coefficient (Wildman–Crippen LogP) is 3.31. The maximum atomic E-state index is 5.66. The minimum Gasteiger partial charge on any atom is -0.371 e. The first kappa shape index (κ1) is 10.3. The Morgan fingerprint density at radius 3 is 2.08 bits per heavy atom. The zero-order valence-corrected chi connectivity index (χ0v) is 8.92. The van der Waals surface area contributed by atoms with E-state index in [1.807, 2.05) is 0 Å². The van der Waals surface area contributed by atoms with Gasteiger partial charge in [0.2, 0.25) is 0 Å². The smallest absolute Gasteiger partial charge is 0.0724 e. The fraction of sp³-hybridized carbons (Fsp3) is 0.500. The van der Waals surface area contributed by atoms with Crippen LogP contribution < -0.4 is 0 Å². The molecule has 0 amide bonds. The molecule has 0 aliphatic carbocycles. The maximum Gasteiger partial charge on any atom is 0.0724 e. The van der Waals surface area contributed by atoms with Crippen LogP contribution in [0.3, 0.4) is 0 Å². The van der Waals surface area contributed by atoms with E-state index in [0.717, 1.165) is 0 Å². The molecule has 0 unspecified atom stereocenters. The molecule has 1 aromatic carbocycles. The Hall–Kier alpha value is -0.820. The Kier molecular flexibility index (Phi) is 3.10. The zero-order chi connectivity index (χ0) is 9.90. The van der Waals surface area contributed by atoms with E-state index in [0.29, 0.717) is 6.61 Å². The van der Waals surface area contributed by atoms with Crippen LogP contribution in [0.4, 0.5) is 0 Å². The lowest BCUT2D eigenvalue weighted by molar-refractivity contribution is -0.0149. The number of hydrogen-bond donors (Lipinski definition) is 0. The van der Waals surface area contributed by atoms with E-state index >= 15 is 0 Å². The molecular formula is C12H18O. The first-order valence-electron chi connectivity index (χ1n) is 4.67. The van der Waals surface area contributed by atoms with Crippen molar-refractivity contribution in [1.82, 2.24) is 0 Å². The highest BCUT2D eigenvalue weighted by molar-refractivity contribution is 5.20. The van der Waals surface area contributed by atoms with Crippen molar-refractivity contribution >= 4 is 0 Å². The predicted molar refractivity (Wildman–Crippen MR) is 55.7 cm³/mol. The van der Waals surface area contributed by atoms with Gasteiger partial charge in [-0.15, -0.1) is 0 Å². The lowest BCUT2D eigenvalue weighted by Crippen LogP contribution is -2.18. The number of ether oxygens (including phenoxy) is 1. The number of rotatable bonds is 2. The van der Waals surface area contributed by atoms with Crippen LogP contribution in [0.5, 0.6) is 0 Å². The minimum atomic E-state index is -0.0507. The van der Waals surface area contributed by atoms with Gasteiger partial charge in [0.1, 0.15) is 0 Å². The fourth-order valence-electron chi connectivity index (χ4n) is 0.984. The molecule has 0 aliphatic heterocycles. The summed E-state index contributed by atoms with van der Waals surface area (Å²) in [4.78, 5) is 0. The zero-order valence-electron chi connectivity index (χ0n) is 8.92. The summed E-state index contributed by atoms with van der Waals surface area (Å²) < 4.78 is 5.66. The van der Waals surface area contributed by atoms with E-state index in [9.17, 15) is 0 Å². The molecule has 0 saturated heterocycles. The van der Waals surface area contributed by atoms with Gasteiger partial charge in [0.15, 0.2) is 0 Å². The van der Waals surface area contributed by atoms with Crippen molar-refractivity contribution in [1.29, 1.82) is 0 Å². The second-order valence-corrected chi connectivity index (χ2v) is 4.39. The lowest BCUT2D eigenvalue weighted by Gasteiger charge is -2.19. The summed E-state index contributed by atoms with van der Waals surface area (Å²) in [5, 5.41) is 0. The van der Waals surface area contributed by atoms with Gasteiger partial charge in [-0.1, -0.05) is 29.8 Å². The molecule has 1 aromatic rings. The molecule has 0 aromatic heterocycles. The molecule has 0 aliphatic rings. The second kappa shape index (κ2) is 3.93. The van der Waals surface area contributed by atoms with Crippen LogP contribution >= 0.6 is 0 Å². The van der Waals surface area contributed by atoms with Crippen LogP contribution in [0.25, 0.3) is 0 Å². The van der Waals surface area contributed by atoms with Crippen molar-refractivity contribution in [2.75, 3.05) is 0 Å². The number of aryl methyl sites for hydroxylation is 1. The Morgan fingerprint density at radius 2 is 1.62 bits per heavy atom. The van der Waals surface area contributed by atoms with E-state index in [-0.39, 0.29) is 5.60 Å². The van der Waals surface area contributed by atoms with Crippen molar-refractivity contribution in [3.8, 4) is 0 Å². The molecule has 0 atom stereocenters. The first-order chi connectivity index (χ1) is 5.97. The van der Waals surface area contributed by atoms with Crippen LogP contribution in [0, 0.1) is 6.92 Å². The molecule has 72 valence electrons. The molecular weight excluding hydrogens is 160 g/mol. The van der Waals surface area contributed by atoms with Crippen molar-refractivity contribution < 1.29 is 4.74 Å². The molecule has 0 fully saturated rings. The number of hydrogen-bond acceptors (Lipinski definition) is 1. The van der Waals surface area contributed by atoms with Gasteiger partial charge < -0.3 is 4.74 Å². The molecule has 0 spiro atoms. The van der Waals surface area contributed by atoms with Gasteiger partial charge in [-0.25, -0.2) is 0 Å². The van der Waals surface area contributed by atoms with Crippen molar-refractivity contribution in [3.63, 3.8) is 0 Å². The topological polar surface area (TPSA) is 9.23 Å². The van der Waals surface area contributed by atoms with Crippen LogP contribution in [-0.2, 0) is 11.3 Å². The summed E-state index contributed by atoms with van der Waals surface area (Å²) in [5.74, 6) is 0. The summed E-state index contributed by atoms with van der Waals surface area (Å²) in [5.41, 5.74) is 2.48. The third-order valence-electron chi connectivity index (χ3n) is 1.79. The maximum absolute atomic E-state index is 5.66. The molecule has 0 radical (unpaired) electrons. The SMILES string of the molecule is Cc1ccc(COC(C)(C)C)cc1. The largest absolute Gasteiger partial charge is 0.371 e. The first-order valence-corrected chi connectivity index (χ1v) is 4.67. The van der Waals surface area contributed by atoms with Gasteiger partial charge in [-0.2, -0.15) is 0 Å². The van der Waals surface area contributed by atoms with Crippen LogP contribution in [0.1, 0.15) is 31.9 Å². The standard InChI is InChI=1S/C12H18O/c1-10-5-7-11(8-6-10)9-13-12(2,3)4/h5-8H,9H2,1-4H3. The third kappa shape index (κ3) is 4.09. The number of benzene rings is 1. The molecule has 0 heterocycles. The minimum absolute atomic E-state index is 0.0507. The van der Waals surface area contributed by atoms with Crippen molar-refractivity contribution in [2.45, 2.75) is 39.9 Å². The molecule has 0 bridgehead atoms. The Balaban J connectivity index is 2.51. The van der Waals surface area contributed by atoms with Gasteiger partial charge in [-0.05, 0) is 33.3 Å². The Morgan fingerprint density at radius 1 is 1.08 bits per heavy atom. The highest BCUT2D eigenvalue weighted by Crippen LogP contribution is 2.12. The summed E-state index contributed by atoms with van der Waals surface area (Å²) >= 11 is 0. The quantitative estimate of drug-likeness (QED) is 0.675. The highest BCUT2D eigenvalue weighted by Gasteiger charge is 2.09. The molecule has 1 nitrogen and oxygen atoms in total. The van der Waals surface area contributed by atoms with E-state index in [4.69, 9.17) is 4.74 Å². The van der Waals surface area contributed by atoms with Crippen LogP contribution in [-0.4, -0.2) is 5.60 Å². The van der Waals surface area contributed by atoms with E-state index in [2.05, 4.69) is 52.0 Å². The van der Waals surface area contributed by atoms with Gasteiger partial charge in [-0.3, -0.25) is 0 Å². The van der Waals surface area contributed by atoms with Crippen molar-refractivity contribution in [3.05, 3.63) is 35.4 Å². The summed E-state index contributed by atoms with van der Waals surface area (Å²) in [6, 6.07) is 8.45. The van der Waals surface area contributed by atoms with E-state index in [1.54, 1.807) is 0 Å². The molecule has 1 rings (SSSR count). The normalized spacial score (nSPS) is 11.7. The van der Waals surface area contributed by atoms with Gasteiger partial charge >= 0.3 is 0 Å². The van der Waals surface area contributed by atoms with Crippen LogP contribution in [0.15, 0.2) is 24.3 Å². The summed E-state index contributed by atoms with van der Waals surface area (Å²) in [6.07, 6.45) is 0. The Labute approximate surface area is 80.7 Å². The van der Waals surface area contributed by atoms with Crippen LogP contribution in [0.2, 0.25) is 0 Å². The summed E-state index contributed by atoms with van der Waals surface area (Å²) in [6.45, 7) is 9.00. The average molecular weight is 178 g/mol. The van der Waals surface area contributed by atoms with Crippen molar-refractivity contribution in [2.24, 2.45) is 0 Å². The Bertz CT molecular complexity index is 253. The van der Waals surface area contributed by atoms with Gasteiger partial charge in [0.25, 0.3) is 0 Å². The lowest BCUT2D eigenvalue weighted by atomic mass is 10.1. The van der Waals surface area contributed by atoms with Gasteiger partial charge in [0.05, 0.1) is 12.2 Å². The van der Waals surface area contributed by atoms with Gasteiger partial charge in [0, 0.05) is 0 Å². The van der Waals surface area contributed by atoms with E-state index < -0.39 is 0 Å². The second-order valence-electron chi connectivity index (χ2n) is 4.39. The fourth-order valence-corrected chi connectivity index (χ4v) is 0.984. The molecule has 0 N–H and O–H groups in total. The molecule has 0 saturated carbocycles. The third-order valence-corrected chi connectivity index (χ3v) is 1.79. The monoisotopic (exact) mass is 178 g/mol. The average Bonchev–Trinajstić information content (AvgIpc) is 2.02.